The maximum Gasteiger partial charge on any atom is 0.425 e. The Balaban J connectivity index is 1.61. The van der Waals surface area contributed by atoms with Crippen molar-refractivity contribution in [2.24, 2.45) is 0 Å². The standard InChI is InChI=1S/C43H53F3O11Si/c1-8-36(43(44,45)46)56-40(50)26-31(4)54-38(48)24-29(2)53-37(47)25-30(3)55-39(49)27-32(5)57-58(34-20-14-10-15-21-34,35-22-16-11-17-23-35)42(6,7)41(51)52-28-33-18-12-9-13-19-33/h9-23,29-32,36H,8,24-28H2,1-7H3/t29-,30-,31-,32-,36+/m1/s1. The number of alkyl halides is 3. The predicted octanol–water partition coefficient (Wildman–Crippen LogP) is 6.91. The zero-order valence-corrected chi connectivity index (χ0v) is 34.9. The number of esters is 5. The van der Waals surface area contributed by atoms with Crippen molar-refractivity contribution >= 4 is 48.5 Å². The fourth-order valence-corrected chi connectivity index (χ4v) is 11.1. The van der Waals surface area contributed by atoms with E-state index in [1.54, 1.807) is 20.8 Å². The highest BCUT2D eigenvalue weighted by Gasteiger charge is 2.58. The minimum absolute atomic E-state index is 0.0654. The van der Waals surface area contributed by atoms with Crippen LogP contribution in [0, 0.1) is 0 Å². The first-order valence-corrected chi connectivity index (χ1v) is 21.0. The second-order valence-electron chi connectivity index (χ2n) is 14.7. The van der Waals surface area contributed by atoms with Gasteiger partial charge in [0, 0.05) is 0 Å². The Morgan fingerprint density at radius 3 is 1.31 bits per heavy atom. The lowest BCUT2D eigenvalue weighted by atomic mass is 10.2. The molecular weight excluding hydrogens is 778 g/mol. The predicted molar refractivity (Wildman–Crippen MR) is 210 cm³/mol. The van der Waals surface area contributed by atoms with Crippen LogP contribution in [0.2, 0.25) is 5.04 Å². The molecule has 3 aromatic rings. The zero-order valence-electron chi connectivity index (χ0n) is 33.9. The van der Waals surface area contributed by atoms with E-state index >= 15 is 0 Å². The highest BCUT2D eigenvalue weighted by Crippen LogP contribution is 2.40. The summed E-state index contributed by atoms with van der Waals surface area (Å²) >= 11 is 0. The van der Waals surface area contributed by atoms with Crippen LogP contribution in [0.1, 0.15) is 86.1 Å². The molecular formula is C43H53F3O11Si. The number of rotatable bonds is 21. The molecule has 0 saturated heterocycles. The maximum absolute atomic E-state index is 14.1. The Morgan fingerprint density at radius 2 is 0.931 bits per heavy atom. The molecule has 11 nitrogen and oxygen atoms in total. The summed E-state index contributed by atoms with van der Waals surface area (Å²) in [5, 5.41) is 0.377. The molecule has 15 heteroatoms. The number of halogens is 3. The molecule has 5 atom stereocenters. The Kier molecular flexibility index (Phi) is 17.7. The van der Waals surface area contributed by atoms with Crippen LogP contribution in [0.15, 0.2) is 91.0 Å². The summed E-state index contributed by atoms with van der Waals surface area (Å²) in [6.07, 6.45) is -12.7. The van der Waals surface area contributed by atoms with Crippen LogP contribution in [0.4, 0.5) is 13.2 Å². The summed E-state index contributed by atoms with van der Waals surface area (Å²) in [7, 11) is -3.60. The van der Waals surface area contributed by atoms with Gasteiger partial charge in [-0.2, -0.15) is 13.2 Å². The zero-order chi connectivity index (χ0) is 43.1. The number of carbonyl (C=O) groups excluding carboxylic acids is 5. The first kappa shape index (κ1) is 47.4. The van der Waals surface area contributed by atoms with E-state index in [1.165, 1.54) is 27.7 Å². The topological polar surface area (TPSA) is 141 Å². The molecule has 0 unspecified atom stereocenters. The number of hydrogen-bond donors (Lipinski definition) is 0. The molecule has 0 aliphatic carbocycles. The molecule has 0 saturated carbocycles. The summed E-state index contributed by atoms with van der Waals surface area (Å²) in [6.45, 7) is 10.9. The van der Waals surface area contributed by atoms with E-state index in [2.05, 4.69) is 4.74 Å². The molecule has 0 aromatic heterocycles. The monoisotopic (exact) mass is 830 g/mol. The van der Waals surface area contributed by atoms with Crippen molar-refractivity contribution in [2.75, 3.05) is 0 Å². The normalized spacial score (nSPS) is 14.5. The minimum Gasteiger partial charge on any atom is -0.462 e. The van der Waals surface area contributed by atoms with Gasteiger partial charge in [0.05, 0.1) is 36.8 Å². The van der Waals surface area contributed by atoms with Crippen LogP contribution >= 0.6 is 0 Å². The Bertz CT molecular complexity index is 1750. The van der Waals surface area contributed by atoms with E-state index in [1.807, 2.05) is 91.0 Å². The van der Waals surface area contributed by atoms with Gasteiger partial charge in [-0.1, -0.05) is 97.9 Å². The first-order chi connectivity index (χ1) is 27.3. The van der Waals surface area contributed by atoms with Gasteiger partial charge in [-0.3, -0.25) is 24.0 Å². The van der Waals surface area contributed by atoms with Crippen molar-refractivity contribution in [3.05, 3.63) is 96.6 Å². The van der Waals surface area contributed by atoms with E-state index < -0.39 is 99.2 Å². The van der Waals surface area contributed by atoms with Crippen molar-refractivity contribution in [1.82, 2.24) is 0 Å². The molecule has 3 rings (SSSR count). The second kappa shape index (κ2) is 21.7. The van der Waals surface area contributed by atoms with Gasteiger partial charge in [-0.15, -0.1) is 0 Å². The first-order valence-electron chi connectivity index (χ1n) is 19.1. The van der Waals surface area contributed by atoms with Gasteiger partial charge in [-0.05, 0) is 63.9 Å². The number of hydrogen-bond acceptors (Lipinski definition) is 11. The molecule has 0 aliphatic rings. The van der Waals surface area contributed by atoms with Gasteiger partial charge >= 0.3 is 36.0 Å². The van der Waals surface area contributed by atoms with Gasteiger partial charge in [0.1, 0.15) is 24.9 Å². The summed E-state index contributed by atoms with van der Waals surface area (Å²) < 4.78 is 72.0. The molecule has 58 heavy (non-hydrogen) atoms. The van der Waals surface area contributed by atoms with Crippen LogP contribution < -0.4 is 10.4 Å². The lowest BCUT2D eigenvalue weighted by molar-refractivity contribution is -0.222. The van der Waals surface area contributed by atoms with E-state index in [4.69, 9.17) is 23.4 Å². The fourth-order valence-electron chi connectivity index (χ4n) is 6.38. The quantitative estimate of drug-likeness (QED) is 0.0628. The van der Waals surface area contributed by atoms with Gasteiger partial charge in [-0.25, -0.2) is 0 Å². The van der Waals surface area contributed by atoms with E-state index in [0.29, 0.717) is 0 Å². The van der Waals surface area contributed by atoms with Crippen LogP contribution in [0.25, 0.3) is 0 Å². The Labute approximate surface area is 338 Å². The van der Waals surface area contributed by atoms with Gasteiger partial charge in [0.25, 0.3) is 8.32 Å². The average molecular weight is 831 g/mol. The van der Waals surface area contributed by atoms with E-state index in [0.717, 1.165) is 15.9 Å². The highest BCUT2D eigenvalue weighted by molar-refractivity contribution is 7.01. The van der Waals surface area contributed by atoms with E-state index in [-0.39, 0.29) is 19.4 Å². The summed E-state index contributed by atoms with van der Waals surface area (Å²) in [5.41, 5.74) is 0.828. The Morgan fingerprint density at radius 1 is 0.569 bits per heavy atom. The third-order valence-corrected chi connectivity index (χ3v) is 14.2. The molecule has 316 valence electrons. The van der Waals surface area contributed by atoms with Gasteiger partial charge in [0.15, 0.2) is 6.10 Å². The van der Waals surface area contributed by atoms with E-state index in [9.17, 15) is 37.1 Å². The summed E-state index contributed by atoms with van der Waals surface area (Å²) in [4.78, 5) is 64.3. The van der Waals surface area contributed by atoms with Gasteiger partial charge in [0.2, 0.25) is 0 Å². The third-order valence-electron chi connectivity index (χ3n) is 9.17. The van der Waals surface area contributed by atoms with Crippen molar-refractivity contribution < 1.29 is 65.3 Å². The van der Waals surface area contributed by atoms with Crippen molar-refractivity contribution in [2.45, 2.75) is 129 Å². The highest BCUT2D eigenvalue weighted by atomic mass is 28.4. The summed E-state index contributed by atoms with van der Waals surface area (Å²) in [5.74, 6) is -3.93. The van der Waals surface area contributed by atoms with Crippen LogP contribution in [-0.2, 0) is 58.7 Å². The molecule has 3 aromatic carbocycles. The number of carbonyl (C=O) groups is 5. The van der Waals surface area contributed by atoms with Crippen LogP contribution in [0.5, 0.6) is 0 Å². The third kappa shape index (κ3) is 13.8. The smallest absolute Gasteiger partial charge is 0.425 e. The van der Waals surface area contributed by atoms with Crippen molar-refractivity contribution in [3.63, 3.8) is 0 Å². The van der Waals surface area contributed by atoms with Crippen LogP contribution in [0.3, 0.4) is 0 Å². The van der Waals surface area contributed by atoms with Crippen LogP contribution in [-0.4, -0.2) is 74.9 Å². The lowest BCUT2D eigenvalue weighted by Crippen LogP contribution is -2.70. The molecule has 0 radical (unpaired) electrons. The fraction of sp³-hybridized carbons (Fsp3) is 0.465. The molecule has 0 aliphatic heterocycles. The van der Waals surface area contributed by atoms with Crippen molar-refractivity contribution in [3.8, 4) is 0 Å². The molecule has 0 N–H and O–H groups in total. The largest absolute Gasteiger partial charge is 0.462 e. The minimum atomic E-state index is -4.72. The van der Waals surface area contributed by atoms with Gasteiger partial charge < -0.3 is 28.1 Å². The molecule has 0 heterocycles. The summed E-state index contributed by atoms with van der Waals surface area (Å²) in [6, 6.07) is 28.2. The SMILES string of the molecule is CC[C@H](OC(=O)C[C@@H](C)OC(=O)C[C@@H](C)OC(=O)C[C@@H](C)OC(=O)C[C@@H](C)O[Si](c1ccccc1)(c1ccccc1)C(C)(C)C(=O)OCc1ccccc1)C(F)(F)F. The molecule has 0 amide bonds. The number of ether oxygens (including phenoxy) is 5. The molecule has 0 fully saturated rings. The van der Waals surface area contributed by atoms with Crippen molar-refractivity contribution in [1.29, 1.82) is 0 Å². The lowest BCUT2D eigenvalue weighted by Gasteiger charge is -2.44. The second-order valence-corrected chi connectivity index (χ2v) is 18.7. The molecule has 0 spiro atoms. The Hall–Kier alpha value is -5.02. The number of benzene rings is 3. The maximum atomic E-state index is 14.1. The molecule has 0 bridgehead atoms. The average Bonchev–Trinajstić information content (AvgIpc) is 3.14.